The second-order valence-corrected chi connectivity index (χ2v) is 7.21. The molecule has 1 saturated heterocycles. The Balaban J connectivity index is 1.39. The summed E-state index contributed by atoms with van der Waals surface area (Å²) in [6.45, 7) is 3.59. The highest BCUT2D eigenvalue weighted by atomic mass is 19.1. The van der Waals surface area contributed by atoms with Crippen LogP contribution in [0, 0.1) is 18.7 Å². The molecule has 0 aliphatic carbocycles. The molecule has 2 heterocycles. The highest BCUT2D eigenvalue weighted by molar-refractivity contribution is 5.92. The lowest BCUT2D eigenvalue weighted by atomic mass is 9.93. The summed E-state index contributed by atoms with van der Waals surface area (Å²) in [5.74, 6) is 0.0135. The minimum Gasteiger partial charge on any atom is -0.351 e. The largest absolute Gasteiger partial charge is 0.351 e. The Morgan fingerprint density at radius 1 is 1.25 bits per heavy atom. The first-order valence-electron chi connectivity index (χ1n) is 9.52. The third-order valence-electron chi connectivity index (χ3n) is 5.22. The molecule has 150 valence electrons. The van der Waals surface area contributed by atoms with Gasteiger partial charge in [0.15, 0.2) is 0 Å². The van der Waals surface area contributed by atoms with E-state index in [1.807, 2.05) is 0 Å². The predicted molar refractivity (Wildman–Crippen MR) is 105 cm³/mol. The van der Waals surface area contributed by atoms with Gasteiger partial charge in [-0.1, -0.05) is 6.07 Å². The summed E-state index contributed by atoms with van der Waals surface area (Å²) in [6, 6.07) is 6.17. The second kappa shape index (κ2) is 8.86. The average Bonchev–Trinajstić information content (AvgIpc) is 3.11. The molecule has 0 saturated carbocycles. The predicted octanol–water partition coefficient (Wildman–Crippen LogP) is 2.93. The Hall–Kier alpha value is -2.90. The first-order valence-corrected chi connectivity index (χ1v) is 9.52. The fourth-order valence-corrected chi connectivity index (χ4v) is 3.37. The summed E-state index contributed by atoms with van der Waals surface area (Å²) in [5, 5.41) is 9.67. The van der Waals surface area contributed by atoms with E-state index in [0.717, 1.165) is 19.3 Å². The molecule has 3 rings (SSSR count). The van der Waals surface area contributed by atoms with Crippen LogP contribution < -0.4 is 10.6 Å². The lowest BCUT2D eigenvalue weighted by molar-refractivity contribution is 0.0940. The second-order valence-electron chi connectivity index (χ2n) is 7.21. The number of likely N-dealkylation sites (tertiary alicyclic amines) is 1. The zero-order valence-electron chi connectivity index (χ0n) is 16.2. The Labute approximate surface area is 163 Å². The van der Waals surface area contributed by atoms with E-state index < -0.39 is 0 Å². The van der Waals surface area contributed by atoms with Gasteiger partial charge >= 0.3 is 6.03 Å². The van der Waals surface area contributed by atoms with Gasteiger partial charge < -0.3 is 15.5 Å². The molecular formula is C20H26FN5O2. The van der Waals surface area contributed by atoms with Crippen LogP contribution in [0.5, 0.6) is 0 Å². The number of anilines is 1. The summed E-state index contributed by atoms with van der Waals surface area (Å²) < 4.78 is 15.2. The van der Waals surface area contributed by atoms with Gasteiger partial charge in [0.1, 0.15) is 11.5 Å². The molecule has 1 aromatic heterocycles. The van der Waals surface area contributed by atoms with Crippen molar-refractivity contribution in [2.24, 2.45) is 13.0 Å². The molecule has 2 N–H and O–H groups in total. The topological polar surface area (TPSA) is 79.3 Å². The van der Waals surface area contributed by atoms with Crippen LogP contribution in [0.3, 0.4) is 0 Å². The number of nitrogens with zero attached hydrogens (tertiary/aromatic N) is 3. The smallest absolute Gasteiger partial charge is 0.321 e. The summed E-state index contributed by atoms with van der Waals surface area (Å²) in [6.07, 6.45) is 4.25. The third-order valence-corrected chi connectivity index (χ3v) is 5.22. The van der Waals surface area contributed by atoms with Gasteiger partial charge in [-0.3, -0.25) is 9.48 Å². The lowest BCUT2D eigenvalue weighted by Gasteiger charge is -2.32. The number of rotatable bonds is 5. The third kappa shape index (κ3) is 4.88. The molecule has 2 aromatic rings. The monoisotopic (exact) mass is 387 g/mol. The summed E-state index contributed by atoms with van der Waals surface area (Å²) in [7, 11) is 1.74. The molecule has 0 atom stereocenters. The zero-order valence-corrected chi connectivity index (χ0v) is 16.2. The maximum atomic E-state index is 13.6. The molecular weight excluding hydrogens is 361 g/mol. The number of aryl methyl sites for hydroxylation is 2. The number of aromatic nitrogens is 2. The standard InChI is InChI=1S/C20H26FN5O2/c1-14-3-4-16(13-17(14)21)24-20(28)26-11-7-15(8-12-26)5-9-22-19(27)18-6-10-23-25(18)2/h3-4,6,10,13,15H,5,7-9,11-12H2,1-2H3,(H,22,27)(H,24,28). The van der Waals surface area contributed by atoms with Crippen molar-refractivity contribution >= 4 is 17.6 Å². The SMILES string of the molecule is Cc1ccc(NC(=O)N2CCC(CCNC(=O)c3ccnn3C)CC2)cc1F. The number of hydrogen-bond donors (Lipinski definition) is 2. The lowest BCUT2D eigenvalue weighted by Crippen LogP contribution is -2.41. The summed E-state index contributed by atoms with van der Waals surface area (Å²) in [5.41, 5.74) is 1.56. The van der Waals surface area contributed by atoms with E-state index in [-0.39, 0.29) is 17.8 Å². The minimum atomic E-state index is -0.329. The van der Waals surface area contributed by atoms with E-state index in [0.29, 0.717) is 42.5 Å². The quantitative estimate of drug-likeness (QED) is 0.828. The maximum absolute atomic E-state index is 13.6. The van der Waals surface area contributed by atoms with E-state index in [2.05, 4.69) is 15.7 Å². The highest BCUT2D eigenvalue weighted by Gasteiger charge is 2.23. The normalized spacial score (nSPS) is 14.8. The van der Waals surface area contributed by atoms with Crippen LogP contribution in [0.2, 0.25) is 0 Å². The van der Waals surface area contributed by atoms with Gasteiger partial charge in [-0.15, -0.1) is 0 Å². The first-order chi connectivity index (χ1) is 13.4. The number of urea groups is 1. The fraction of sp³-hybridized carbons (Fsp3) is 0.450. The van der Waals surface area contributed by atoms with E-state index in [9.17, 15) is 14.0 Å². The van der Waals surface area contributed by atoms with Crippen LogP contribution >= 0.6 is 0 Å². The van der Waals surface area contributed by atoms with Gasteiger partial charge in [0.05, 0.1) is 0 Å². The van der Waals surface area contributed by atoms with Gasteiger partial charge in [-0.2, -0.15) is 5.10 Å². The Bertz CT molecular complexity index is 843. The number of amides is 3. The van der Waals surface area contributed by atoms with Crippen molar-refractivity contribution in [2.45, 2.75) is 26.2 Å². The van der Waals surface area contributed by atoms with E-state index >= 15 is 0 Å². The number of benzene rings is 1. The van der Waals surface area contributed by atoms with Gasteiger partial charge in [-0.05, 0) is 55.9 Å². The highest BCUT2D eigenvalue weighted by Crippen LogP contribution is 2.21. The van der Waals surface area contributed by atoms with Crippen molar-refractivity contribution in [3.05, 3.63) is 47.5 Å². The average molecular weight is 387 g/mol. The number of hydrogen-bond acceptors (Lipinski definition) is 3. The molecule has 28 heavy (non-hydrogen) atoms. The van der Waals surface area contributed by atoms with Crippen molar-refractivity contribution in [1.82, 2.24) is 20.0 Å². The van der Waals surface area contributed by atoms with Crippen LogP contribution in [0.25, 0.3) is 0 Å². The van der Waals surface area contributed by atoms with Crippen molar-refractivity contribution in [2.75, 3.05) is 25.0 Å². The van der Waals surface area contributed by atoms with E-state index in [4.69, 9.17) is 0 Å². The molecule has 7 nitrogen and oxygen atoms in total. The fourth-order valence-electron chi connectivity index (χ4n) is 3.37. The van der Waals surface area contributed by atoms with Gasteiger partial charge in [0.25, 0.3) is 5.91 Å². The molecule has 0 radical (unpaired) electrons. The number of carbonyl (C=O) groups is 2. The number of nitrogens with one attached hydrogen (secondary N) is 2. The van der Waals surface area contributed by atoms with Crippen LogP contribution in [0.1, 0.15) is 35.3 Å². The van der Waals surface area contributed by atoms with Gasteiger partial charge in [-0.25, -0.2) is 9.18 Å². The maximum Gasteiger partial charge on any atom is 0.321 e. The molecule has 1 aromatic carbocycles. The molecule has 1 aliphatic rings. The summed E-state index contributed by atoms with van der Waals surface area (Å²) >= 11 is 0. The van der Waals surface area contributed by atoms with Crippen LogP contribution in [0.4, 0.5) is 14.9 Å². The molecule has 0 bridgehead atoms. The van der Waals surface area contributed by atoms with Crippen molar-refractivity contribution in [3.8, 4) is 0 Å². The Morgan fingerprint density at radius 2 is 2.00 bits per heavy atom. The van der Waals surface area contributed by atoms with Crippen LogP contribution in [-0.2, 0) is 7.05 Å². The number of carbonyl (C=O) groups excluding carboxylic acids is 2. The molecule has 0 spiro atoms. The van der Waals surface area contributed by atoms with Crippen LogP contribution in [-0.4, -0.2) is 46.3 Å². The van der Waals surface area contributed by atoms with Crippen molar-refractivity contribution in [1.29, 1.82) is 0 Å². The van der Waals surface area contributed by atoms with Gasteiger partial charge in [0.2, 0.25) is 0 Å². The Kier molecular flexibility index (Phi) is 6.28. The zero-order chi connectivity index (χ0) is 20.1. The molecule has 0 unspecified atom stereocenters. The molecule has 3 amide bonds. The Morgan fingerprint density at radius 3 is 2.64 bits per heavy atom. The summed E-state index contributed by atoms with van der Waals surface area (Å²) in [4.78, 5) is 26.2. The number of piperidine rings is 1. The molecule has 1 fully saturated rings. The van der Waals surface area contributed by atoms with E-state index in [1.165, 1.54) is 6.07 Å². The van der Waals surface area contributed by atoms with Crippen LogP contribution in [0.15, 0.2) is 30.5 Å². The first kappa shape index (κ1) is 19.9. The minimum absolute atomic E-state index is 0.123. The molecule has 8 heteroatoms. The van der Waals surface area contributed by atoms with E-state index in [1.54, 1.807) is 47.9 Å². The van der Waals surface area contributed by atoms with Crippen molar-refractivity contribution in [3.63, 3.8) is 0 Å². The van der Waals surface area contributed by atoms with Gasteiger partial charge in [0, 0.05) is 38.6 Å². The van der Waals surface area contributed by atoms with Crippen molar-refractivity contribution < 1.29 is 14.0 Å². The molecule has 1 aliphatic heterocycles. The number of halogens is 1.